The predicted molar refractivity (Wildman–Crippen MR) is 73.5 cm³/mol. The largest absolute Gasteiger partial charge is 0.397 e. The molecule has 88 valence electrons. The van der Waals surface area contributed by atoms with Crippen molar-refractivity contribution in [3.8, 4) is 0 Å². The third-order valence-electron chi connectivity index (χ3n) is 3.40. The summed E-state index contributed by atoms with van der Waals surface area (Å²) >= 11 is 3.41. The molecular formula is C13H19BrN2. The Labute approximate surface area is 106 Å². The molecule has 0 aromatic heterocycles. The molecule has 3 heteroatoms. The quantitative estimate of drug-likeness (QED) is 0.826. The highest BCUT2D eigenvalue weighted by Gasteiger charge is 2.20. The van der Waals surface area contributed by atoms with Crippen LogP contribution in [0.15, 0.2) is 22.7 Å². The monoisotopic (exact) mass is 282 g/mol. The Balaban J connectivity index is 1.89. The lowest BCUT2D eigenvalue weighted by atomic mass is 10.1. The Kier molecular flexibility index (Phi) is 3.74. The molecule has 0 amide bonds. The highest BCUT2D eigenvalue weighted by Crippen LogP contribution is 2.31. The van der Waals surface area contributed by atoms with Crippen molar-refractivity contribution in [3.05, 3.63) is 22.7 Å². The molecule has 0 bridgehead atoms. The Morgan fingerprint density at radius 3 is 2.88 bits per heavy atom. The highest BCUT2D eigenvalue weighted by atomic mass is 79.9. The predicted octanol–water partition coefficient (Wildman–Crippen LogP) is 3.88. The smallest absolute Gasteiger partial charge is 0.0574 e. The van der Waals surface area contributed by atoms with Crippen LogP contribution < -0.4 is 11.1 Å². The summed E-state index contributed by atoms with van der Waals surface area (Å²) in [5.41, 5.74) is 7.82. The van der Waals surface area contributed by atoms with Gasteiger partial charge in [0, 0.05) is 11.0 Å². The van der Waals surface area contributed by atoms with Crippen molar-refractivity contribution in [2.75, 3.05) is 17.6 Å². The summed E-state index contributed by atoms with van der Waals surface area (Å²) in [5, 5.41) is 3.46. The van der Waals surface area contributed by atoms with E-state index in [1.165, 1.54) is 19.3 Å². The minimum atomic E-state index is 0.818. The second-order valence-corrected chi connectivity index (χ2v) is 5.81. The van der Waals surface area contributed by atoms with E-state index in [-0.39, 0.29) is 0 Å². The van der Waals surface area contributed by atoms with Crippen LogP contribution in [0.5, 0.6) is 0 Å². The zero-order valence-electron chi connectivity index (χ0n) is 9.67. The average molecular weight is 283 g/mol. The molecular weight excluding hydrogens is 264 g/mol. The van der Waals surface area contributed by atoms with Crippen molar-refractivity contribution in [1.82, 2.24) is 0 Å². The van der Waals surface area contributed by atoms with Crippen LogP contribution in [0.3, 0.4) is 0 Å². The van der Waals surface area contributed by atoms with Crippen LogP contribution in [-0.2, 0) is 0 Å². The number of nitrogens with one attached hydrogen (secondary N) is 1. The average Bonchev–Trinajstić information content (AvgIpc) is 2.63. The van der Waals surface area contributed by atoms with Crippen molar-refractivity contribution in [1.29, 1.82) is 0 Å². The number of rotatable bonds is 3. The number of benzene rings is 1. The molecule has 0 radical (unpaired) electrons. The third kappa shape index (κ3) is 2.91. The van der Waals surface area contributed by atoms with Gasteiger partial charge in [-0.05, 0) is 42.9 Å². The van der Waals surface area contributed by atoms with Crippen LogP contribution in [0.1, 0.15) is 26.2 Å². The fourth-order valence-corrected chi connectivity index (χ4v) is 2.84. The van der Waals surface area contributed by atoms with Crippen molar-refractivity contribution in [2.24, 2.45) is 11.8 Å². The first-order valence-corrected chi connectivity index (χ1v) is 6.73. The molecule has 1 aliphatic carbocycles. The molecule has 2 nitrogen and oxygen atoms in total. The zero-order valence-corrected chi connectivity index (χ0v) is 11.3. The zero-order chi connectivity index (χ0) is 11.5. The van der Waals surface area contributed by atoms with Gasteiger partial charge in [-0.1, -0.05) is 29.3 Å². The van der Waals surface area contributed by atoms with Crippen LogP contribution in [0.25, 0.3) is 0 Å². The molecule has 2 atom stereocenters. The van der Waals surface area contributed by atoms with Gasteiger partial charge >= 0.3 is 0 Å². The molecule has 0 aliphatic heterocycles. The summed E-state index contributed by atoms with van der Waals surface area (Å²) in [6.07, 6.45) is 4.08. The number of halogens is 1. The summed E-state index contributed by atoms with van der Waals surface area (Å²) in [6, 6.07) is 6.01. The summed E-state index contributed by atoms with van der Waals surface area (Å²) in [6.45, 7) is 3.39. The normalized spacial score (nSPS) is 24.6. The van der Waals surface area contributed by atoms with Gasteiger partial charge in [0.2, 0.25) is 0 Å². The van der Waals surface area contributed by atoms with Crippen LogP contribution in [0, 0.1) is 11.8 Å². The number of nitrogens with two attached hydrogens (primary N) is 1. The molecule has 1 aromatic carbocycles. The van der Waals surface area contributed by atoms with E-state index in [1.807, 2.05) is 18.2 Å². The topological polar surface area (TPSA) is 38.0 Å². The maximum Gasteiger partial charge on any atom is 0.0574 e. The number of anilines is 2. The van der Waals surface area contributed by atoms with E-state index >= 15 is 0 Å². The summed E-state index contributed by atoms with van der Waals surface area (Å²) in [5.74, 6) is 1.71. The maximum atomic E-state index is 5.94. The van der Waals surface area contributed by atoms with E-state index in [2.05, 4.69) is 28.2 Å². The Morgan fingerprint density at radius 2 is 2.25 bits per heavy atom. The number of hydrogen-bond acceptors (Lipinski definition) is 2. The first-order chi connectivity index (χ1) is 7.65. The van der Waals surface area contributed by atoms with Gasteiger partial charge in [-0.25, -0.2) is 0 Å². The molecule has 1 saturated carbocycles. The van der Waals surface area contributed by atoms with E-state index < -0.39 is 0 Å². The van der Waals surface area contributed by atoms with Crippen molar-refractivity contribution < 1.29 is 0 Å². The van der Waals surface area contributed by atoms with Gasteiger partial charge in [-0.2, -0.15) is 0 Å². The van der Waals surface area contributed by atoms with Crippen molar-refractivity contribution in [2.45, 2.75) is 26.2 Å². The molecule has 1 aliphatic rings. The molecule has 2 unspecified atom stereocenters. The fourth-order valence-electron chi connectivity index (χ4n) is 2.46. The Hall–Kier alpha value is -0.700. The minimum Gasteiger partial charge on any atom is -0.397 e. The molecule has 0 saturated heterocycles. The molecule has 1 aromatic rings. The van der Waals surface area contributed by atoms with E-state index in [1.54, 1.807) is 0 Å². The maximum absolute atomic E-state index is 5.94. The van der Waals surface area contributed by atoms with Gasteiger partial charge in [0.05, 0.1) is 11.4 Å². The third-order valence-corrected chi connectivity index (χ3v) is 3.89. The van der Waals surface area contributed by atoms with Crippen LogP contribution in [0.4, 0.5) is 11.4 Å². The van der Waals surface area contributed by atoms with E-state index in [0.29, 0.717) is 0 Å². The van der Waals surface area contributed by atoms with Gasteiger partial charge in [0.15, 0.2) is 0 Å². The molecule has 0 heterocycles. The molecule has 1 fully saturated rings. The first kappa shape index (κ1) is 11.8. The van der Waals surface area contributed by atoms with Crippen molar-refractivity contribution >= 4 is 27.3 Å². The second-order valence-electron chi connectivity index (χ2n) is 4.90. The van der Waals surface area contributed by atoms with E-state index in [0.717, 1.165) is 34.2 Å². The van der Waals surface area contributed by atoms with Gasteiger partial charge in [0.1, 0.15) is 0 Å². The van der Waals surface area contributed by atoms with E-state index in [9.17, 15) is 0 Å². The molecule has 2 rings (SSSR count). The Morgan fingerprint density at radius 1 is 1.44 bits per heavy atom. The first-order valence-electron chi connectivity index (χ1n) is 5.94. The summed E-state index contributed by atoms with van der Waals surface area (Å²) in [4.78, 5) is 0. The molecule has 0 spiro atoms. The number of nitrogen functional groups attached to an aromatic ring is 1. The summed E-state index contributed by atoms with van der Waals surface area (Å²) < 4.78 is 1.03. The van der Waals surface area contributed by atoms with Gasteiger partial charge < -0.3 is 11.1 Å². The van der Waals surface area contributed by atoms with Crippen LogP contribution in [0.2, 0.25) is 0 Å². The lowest BCUT2D eigenvalue weighted by molar-refractivity contribution is 0.537. The summed E-state index contributed by atoms with van der Waals surface area (Å²) in [7, 11) is 0. The van der Waals surface area contributed by atoms with Crippen LogP contribution >= 0.6 is 15.9 Å². The SMILES string of the molecule is CC1CCC(CNc2ccc(Br)cc2N)C1. The fraction of sp³-hybridized carbons (Fsp3) is 0.538. The van der Waals surface area contributed by atoms with Gasteiger partial charge in [0.25, 0.3) is 0 Å². The van der Waals surface area contributed by atoms with Gasteiger partial charge in [-0.15, -0.1) is 0 Å². The Bertz CT molecular complexity index is 365. The van der Waals surface area contributed by atoms with Crippen LogP contribution in [-0.4, -0.2) is 6.54 Å². The highest BCUT2D eigenvalue weighted by molar-refractivity contribution is 9.10. The van der Waals surface area contributed by atoms with Gasteiger partial charge in [-0.3, -0.25) is 0 Å². The number of hydrogen-bond donors (Lipinski definition) is 2. The second kappa shape index (κ2) is 5.09. The molecule has 3 N–H and O–H groups in total. The molecule has 16 heavy (non-hydrogen) atoms. The lowest BCUT2D eigenvalue weighted by Gasteiger charge is -2.14. The van der Waals surface area contributed by atoms with E-state index in [4.69, 9.17) is 5.73 Å². The minimum absolute atomic E-state index is 0.818. The lowest BCUT2D eigenvalue weighted by Crippen LogP contribution is -2.12. The van der Waals surface area contributed by atoms with Crippen molar-refractivity contribution in [3.63, 3.8) is 0 Å². The standard InChI is InChI=1S/C13H19BrN2/c1-9-2-3-10(6-9)8-16-13-5-4-11(14)7-12(13)15/h4-5,7,9-10,16H,2-3,6,8,15H2,1H3.